The number of hydrogen-bond acceptors (Lipinski definition) is 4. The van der Waals surface area contributed by atoms with Crippen LogP contribution in [0.1, 0.15) is 16.7 Å². The van der Waals surface area contributed by atoms with Gasteiger partial charge in [0.05, 0.1) is 12.6 Å². The molecule has 0 fully saturated rings. The maximum atomic E-state index is 11.6. The molecule has 0 atom stereocenters. The Bertz CT molecular complexity index is 609. The van der Waals surface area contributed by atoms with Crippen LogP contribution in [0.25, 0.3) is 0 Å². The van der Waals surface area contributed by atoms with E-state index in [1.54, 1.807) is 25.2 Å². The van der Waals surface area contributed by atoms with Crippen LogP contribution in [0.2, 0.25) is 0 Å². The number of rotatable bonds is 5. The molecule has 1 heterocycles. The molecule has 0 aliphatic rings. The summed E-state index contributed by atoms with van der Waals surface area (Å²) in [6, 6.07) is 9.66. The van der Waals surface area contributed by atoms with Crippen LogP contribution in [0.3, 0.4) is 0 Å². The first-order valence-electron chi connectivity index (χ1n) is 6.74. The molecule has 0 radical (unpaired) electrons. The minimum atomic E-state index is 0.0917. The highest BCUT2D eigenvalue weighted by molar-refractivity contribution is 5.78. The van der Waals surface area contributed by atoms with Crippen molar-refractivity contribution in [1.82, 2.24) is 15.1 Å². The van der Waals surface area contributed by atoms with Crippen LogP contribution in [0.4, 0.5) is 0 Å². The van der Waals surface area contributed by atoms with Gasteiger partial charge in [-0.1, -0.05) is 24.3 Å². The van der Waals surface area contributed by atoms with Crippen LogP contribution >= 0.6 is 0 Å². The molecule has 1 amide bonds. The van der Waals surface area contributed by atoms with Gasteiger partial charge in [-0.25, -0.2) is 0 Å². The number of carbonyl (C=O) groups excluding carboxylic acids is 1. The number of benzene rings is 1. The normalized spacial score (nSPS) is 10.2. The lowest BCUT2D eigenvalue weighted by molar-refractivity contribution is -0.127. The Morgan fingerprint density at radius 3 is 2.48 bits per heavy atom. The molecule has 0 aliphatic carbocycles. The van der Waals surface area contributed by atoms with Gasteiger partial charge in [-0.05, 0) is 23.6 Å². The molecule has 5 nitrogen and oxygen atoms in total. The number of aryl methyl sites for hydroxylation is 1. The maximum absolute atomic E-state index is 11.6. The second kappa shape index (κ2) is 6.83. The van der Waals surface area contributed by atoms with Gasteiger partial charge < -0.3 is 9.64 Å². The predicted octanol–water partition coefficient (Wildman–Crippen LogP) is 1.99. The van der Waals surface area contributed by atoms with Crippen molar-refractivity contribution in [3.63, 3.8) is 0 Å². The fourth-order valence-electron chi connectivity index (χ4n) is 1.75. The molecule has 0 saturated heterocycles. The quantitative estimate of drug-likeness (QED) is 0.843. The zero-order chi connectivity index (χ0) is 15.2. The van der Waals surface area contributed by atoms with E-state index < -0.39 is 0 Å². The first kappa shape index (κ1) is 15.0. The Morgan fingerprint density at radius 1 is 1.19 bits per heavy atom. The average Bonchev–Trinajstić information content (AvgIpc) is 2.46. The second-order valence-electron chi connectivity index (χ2n) is 5.14. The highest BCUT2D eigenvalue weighted by Gasteiger charge is 2.05. The van der Waals surface area contributed by atoms with Gasteiger partial charge in [-0.3, -0.25) is 4.79 Å². The molecular formula is C16H19N3O2. The van der Waals surface area contributed by atoms with Gasteiger partial charge in [0.1, 0.15) is 6.61 Å². The summed E-state index contributed by atoms with van der Waals surface area (Å²) in [6.07, 6.45) is 2.10. The van der Waals surface area contributed by atoms with Crippen molar-refractivity contribution in [2.24, 2.45) is 0 Å². The lowest BCUT2D eigenvalue weighted by atomic mass is 10.1. The van der Waals surface area contributed by atoms with Crippen LogP contribution < -0.4 is 4.74 Å². The number of likely N-dealkylation sites (N-methyl/N-ethyl adjacent to an activating group) is 1. The van der Waals surface area contributed by atoms with Gasteiger partial charge in [0.2, 0.25) is 11.8 Å². The minimum absolute atomic E-state index is 0.0917. The number of hydrogen-bond donors (Lipinski definition) is 0. The zero-order valence-electron chi connectivity index (χ0n) is 12.5. The van der Waals surface area contributed by atoms with Crippen LogP contribution in [0.5, 0.6) is 5.88 Å². The molecule has 1 aromatic heterocycles. The van der Waals surface area contributed by atoms with E-state index in [1.165, 1.54) is 0 Å². The summed E-state index contributed by atoms with van der Waals surface area (Å²) in [5.41, 5.74) is 3.03. The van der Waals surface area contributed by atoms with E-state index in [1.807, 2.05) is 37.3 Å². The number of aromatic nitrogens is 2. The number of amides is 1. The second-order valence-corrected chi connectivity index (χ2v) is 5.14. The van der Waals surface area contributed by atoms with Crippen LogP contribution in [0.15, 0.2) is 36.5 Å². The summed E-state index contributed by atoms with van der Waals surface area (Å²) >= 11 is 0. The predicted molar refractivity (Wildman–Crippen MR) is 79.9 cm³/mol. The molecule has 2 aromatic rings. The van der Waals surface area contributed by atoms with Crippen molar-refractivity contribution in [2.45, 2.75) is 20.0 Å². The van der Waals surface area contributed by atoms with E-state index in [2.05, 4.69) is 10.2 Å². The van der Waals surface area contributed by atoms with Crippen molar-refractivity contribution in [1.29, 1.82) is 0 Å². The van der Waals surface area contributed by atoms with Crippen molar-refractivity contribution in [2.75, 3.05) is 14.1 Å². The van der Waals surface area contributed by atoms with Crippen molar-refractivity contribution in [3.05, 3.63) is 53.2 Å². The molecule has 21 heavy (non-hydrogen) atoms. The molecule has 2 rings (SSSR count). The van der Waals surface area contributed by atoms with Crippen LogP contribution in [-0.2, 0) is 17.8 Å². The largest absolute Gasteiger partial charge is 0.472 e. The van der Waals surface area contributed by atoms with E-state index in [0.29, 0.717) is 18.9 Å². The summed E-state index contributed by atoms with van der Waals surface area (Å²) in [4.78, 5) is 13.2. The van der Waals surface area contributed by atoms with E-state index in [9.17, 15) is 4.79 Å². The summed E-state index contributed by atoms with van der Waals surface area (Å²) in [7, 11) is 3.51. The molecule has 0 bridgehead atoms. The van der Waals surface area contributed by atoms with Gasteiger partial charge in [0.15, 0.2) is 0 Å². The maximum Gasteiger partial charge on any atom is 0.233 e. The summed E-state index contributed by atoms with van der Waals surface area (Å²) in [5.74, 6) is 0.607. The zero-order valence-corrected chi connectivity index (χ0v) is 12.5. The monoisotopic (exact) mass is 285 g/mol. The van der Waals surface area contributed by atoms with E-state index in [-0.39, 0.29) is 5.91 Å². The molecule has 1 aromatic carbocycles. The Kier molecular flexibility index (Phi) is 4.87. The van der Waals surface area contributed by atoms with Gasteiger partial charge in [-0.15, -0.1) is 5.10 Å². The van der Waals surface area contributed by atoms with Gasteiger partial charge in [0.25, 0.3) is 0 Å². The lowest BCUT2D eigenvalue weighted by Gasteiger charge is -2.10. The Labute approximate surface area is 124 Å². The SMILES string of the molecule is Cc1cnnc(OCc2ccc(CC(=O)N(C)C)cc2)c1. The first-order chi connectivity index (χ1) is 10.0. The first-order valence-corrected chi connectivity index (χ1v) is 6.74. The van der Waals surface area contributed by atoms with E-state index in [0.717, 1.165) is 16.7 Å². The van der Waals surface area contributed by atoms with Crippen LogP contribution in [-0.4, -0.2) is 35.1 Å². The van der Waals surface area contributed by atoms with Crippen molar-refractivity contribution >= 4 is 5.91 Å². The number of ether oxygens (including phenoxy) is 1. The molecule has 0 aliphatic heterocycles. The van der Waals surface area contributed by atoms with E-state index in [4.69, 9.17) is 4.74 Å². The van der Waals surface area contributed by atoms with Crippen LogP contribution in [0, 0.1) is 6.92 Å². The molecule has 0 unspecified atom stereocenters. The third kappa shape index (κ3) is 4.56. The topological polar surface area (TPSA) is 55.3 Å². The standard InChI is InChI=1S/C16H19N3O2/c1-12-8-15(18-17-10-12)21-11-14-6-4-13(5-7-14)9-16(20)19(2)3/h4-8,10H,9,11H2,1-3H3. The minimum Gasteiger partial charge on any atom is -0.472 e. The van der Waals surface area contributed by atoms with Gasteiger partial charge in [-0.2, -0.15) is 5.10 Å². The van der Waals surface area contributed by atoms with Crippen molar-refractivity contribution < 1.29 is 9.53 Å². The lowest BCUT2D eigenvalue weighted by Crippen LogP contribution is -2.23. The van der Waals surface area contributed by atoms with Crippen molar-refractivity contribution in [3.8, 4) is 5.88 Å². The molecule has 0 N–H and O–H groups in total. The fraction of sp³-hybridized carbons (Fsp3) is 0.312. The smallest absolute Gasteiger partial charge is 0.233 e. The highest BCUT2D eigenvalue weighted by Crippen LogP contribution is 2.11. The van der Waals surface area contributed by atoms with Gasteiger partial charge >= 0.3 is 0 Å². The Morgan fingerprint density at radius 2 is 1.86 bits per heavy atom. The molecule has 0 spiro atoms. The molecule has 110 valence electrons. The third-order valence-electron chi connectivity index (χ3n) is 3.03. The molecule has 5 heteroatoms. The number of nitrogens with zero attached hydrogens (tertiary/aromatic N) is 3. The third-order valence-corrected chi connectivity index (χ3v) is 3.03. The Hall–Kier alpha value is -2.43. The highest BCUT2D eigenvalue weighted by atomic mass is 16.5. The summed E-state index contributed by atoms with van der Waals surface area (Å²) < 4.78 is 5.58. The molecular weight excluding hydrogens is 266 g/mol. The van der Waals surface area contributed by atoms with Gasteiger partial charge in [0, 0.05) is 20.2 Å². The average molecular weight is 285 g/mol. The summed E-state index contributed by atoms with van der Waals surface area (Å²) in [6.45, 7) is 2.37. The van der Waals surface area contributed by atoms with E-state index >= 15 is 0 Å². The number of carbonyl (C=O) groups is 1. The molecule has 0 saturated carbocycles. The summed E-state index contributed by atoms with van der Waals surface area (Å²) in [5, 5.41) is 7.75. The fourth-order valence-corrected chi connectivity index (χ4v) is 1.75. The Balaban J connectivity index is 1.92.